The molecule has 1 heterocycles. The molecule has 0 radical (unpaired) electrons. The first kappa shape index (κ1) is 12.0. The number of nitrogens with two attached hydrogens (primary N) is 1. The Balaban J connectivity index is 2.03. The number of hydrogen-bond acceptors (Lipinski definition) is 3. The molecule has 1 aromatic rings. The summed E-state index contributed by atoms with van der Waals surface area (Å²) >= 11 is 3.43. The number of hydrazine groups is 1. The summed E-state index contributed by atoms with van der Waals surface area (Å²) in [5.41, 5.74) is 4.61. The van der Waals surface area contributed by atoms with Crippen molar-refractivity contribution in [3.8, 4) is 0 Å². The van der Waals surface area contributed by atoms with E-state index in [1.54, 1.807) is 6.20 Å². The fourth-order valence-electron chi connectivity index (χ4n) is 2.33. The zero-order chi connectivity index (χ0) is 11.8. The van der Waals surface area contributed by atoms with Gasteiger partial charge in [-0.2, -0.15) is 0 Å². The highest BCUT2D eigenvalue weighted by Crippen LogP contribution is 2.53. The fraction of sp³-hybridized carbons (Fsp3) is 0.583. The van der Waals surface area contributed by atoms with E-state index in [9.17, 15) is 0 Å². The Morgan fingerprint density at radius 3 is 2.81 bits per heavy atom. The van der Waals surface area contributed by atoms with Gasteiger partial charge in [-0.1, -0.05) is 13.8 Å². The lowest BCUT2D eigenvalue weighted by molar-refractivity contribution is 0.408. The summed E-state index contributed by atoms with van der Waals surface area (Å²) in [5.74, 6) is 6.32. The summed E-state index contributed by atoms with van der Waals surface area (Å²) in [6.45, 7) is 4.59. The van der Waals surface area contributed by atoms with Gasteiger partial charge < -0.3 is 0 Å². The lowest BCUT2D eigenvalue weighted by Gasteiger charge is -2.17. The predicted molar refractivity (Wildman–Crippen MR) is 68.6 cm³/mol. The van der Waals surface area contributed by atoms with Crippen LogP contribution in [-0.2, 0) is 6.42 Å². The average molecular weight is 284 g/mol. The SMILES string of the molecule is CC1(C)CC1C(Cc1cncc(Br)c1)NN. The van der Waals surface area contributed by atoms with Crippen LogP contribution in [0.1, 0.15) is 25.8 Å². The second kappa shape index (κ2) is 4.43. The molecule has 2 atom stereocenters. The highest BCUT2D eigenvalue weighted by molar-refractivity contribution is 9.10. The van der Waals surface area contributed by atoms with Crippen molar-refractivity contribution in [2.45, 2.75) is 32.7 Å². The van der Waals surface area contributed by atoms with E-state index in [2.05, 4.69) is 46.3 Å². The van der Waals surface area contributed by atoms with E-state index in [0.717, 1.165) is 10.9 Å². The highest BCUT2D eigenvalue weighted by atomic mass is 79.9. The third-order valence-electron chi connectivity index (χ3n) is 3.51. The van der Waals surface area contributed by atoms with Crippen LogP contribution < -0.4 is 11.3 Å². The molecule has 3 N–H and O–H groups in total. The molecule has 2 unspecified atom stereocenters. The molecule has 0 aliphatic heterocycles. The fourth-order valence-corrected chi connectivity index (χ4v) is 2.75. The molecule has 1 fully saturated rings. The topological polar surface area (TPSA) is 50.9 Å². The quantitative estimate of drug-likeness (QED) is 0.658. The van der Waals surface area contributed by atoms with Crippen LogP contribution in [0.3, 0.4) is 0 Å². The summed E-state index contributed by atoms with van der Waals surface area (Å²) < 4.78 is 1.02. The third kappa shape index (κ3) is 2.62. The maximum absolute atomic E-state index is 5.64. The molecule has 0 bridgehead atoms. The molecular weight excluding hydrogens is 266 g/mol. The molecule has 4 heteroatoms. The van der Waals surface area contributed by atoms with Crippen LogP contribution >= 0.6 is 15.9 Å². The van der Waals surface area contributed by atoms with E-state index in [1.165, 1.54) is 12.0 Å². The minimum atomic E-state index is 0.353. The third-order valence-corrected chi connectivity index (χ3v) is 3.94. The largest absolute Gasteiger partial charge is 0.271 e. The van der Waals surface area contributed by atoms with Gasteiger partial charge in [-0.05, 0) is 51.7 Å². The Hall–Kier alpha value is -0.450. The standard InChI is InChI=1S/C12H18BrN3/c1-12(2)5-10(12)11(16-14)4-8-3-9(13)7-15-6-8/h3,6-7,10-11,16H,4-5,14H2,1-2H3. The summed E-state index contributed by atoms with van der Waals surface area (Å²) in [5, 5.41) is 0. The van der Waals surface area contributed by atoms with E-state index in [1.807, 2.05) is 6.20 Å². The average Bonchev–Trinajstić information content (AvgIpc) is 2.84. The Morgan fingerprint density at radius 1 is 1.62 bits per heavy atom. The lowest BCUT2D eigenvalue weighted by Crippen LogP contribution is -2.39. The van der Waals surface area contributed by atoms with Crippen molar-refractivity contribution in [2.75, 3.05) is 0 Å². The van der Waals surface area contributed by atoms with Crippen LogP contribution in [0.4, 0.5) is 0 Å². The molecule has 88 valence electrons. The molecular formula is C12H18BrN3. The van der Waals surface area contributed by atoms with E-state index in [-0.39, 0.29) is 0 Å². The first-order valence-electron chi connectivity index (χ1n) is 5.58. The number of nitrogens with zero attached hydrogens (tertiary/aromatic N) is 1. The molecule has 0 saturated heterocycles. The van der Waals surface area contributed by atoms with Crippen molar-refractivity contribution in [3.63, 3.8) is 0 Å². The zero-order valence-corrected chi connectivity index (χ0v) is 11.3. The van der Waals surface area contributed by atoms with E-state index >= 15 is 0 Å². The number of halogens is 1. The number of hydrogen-bond donors (Lipinski definition) is 2. The van der Waals surface area contributed by atoms with Gasteiger partial charge in [-0.25, -0.2) is 0 Å². The van der Waals surface area contributed by atoms with Crippen molar-refractivity contribution in [3.05, 3.63) is 28.5 Å². The van der Waals surface area contributed by atoms with Crippen molar-refractivity contribution < 1.29 is 0 Å². The predicted octanol–water partition coefficient (Wildman–Crippen LogP) is 2.26. The van der Waals surface area contributed by atoms with E-state index in [0.29, 0.717) is 17.4 Å². The molecule has 16 heavy (non-hydrogen) atoms. The zero-order valence-electron chi connectivity index (χ0n) is 9.70. The molecule has 1 aromatic heterocycles. The maximum Gasteiger partial charge on any atom is 0.0410 e. The Morgan fingerprint density at radius 2 is 2.31 bits per heavy atom. The van der Waals surface area contributed by atoms with Crippen LogP contribution in [0.25, 0.3) is 0 Å². The van der Waals surface area contributed by atoms with Crippen LogP contribution in [0.5, 0.6) is 0 Å². The smallest absolute Gasteiger partial charge is 0.0410 e. The first-order valence-corrected chi connectivity index (χ1v) is 6.38. The number of pyridine rings is 1. The van der Waals surface area contributed by atoms with Crippen molar-refractivity contribution in [1.82, 2.24) is 10.4 Å². The molecule has 0 aromatic carbocycles. The summed E-state index contributed by atoms with van der Waals surface area (Å²) in [6.07, 6.45) is 5.90. The Bertz CT molecular complexity index is 378. The summed E-state index contributed by atoms with van der Waals surface area (Å²) in [4.78, 5) is 4.17. The summed E-state index contributed by atoms with van der Waals surface area (Å²) in [7, 11) is 0. The monoisotopic (exact) mass is 283 g/mol. The second-order valence-electron chi connectivity index (χ2n) is 5.29. The van der Waals surface area contributed by atoms with E-state index in [4.69, 9.17) is 5.84 Å². The lowest BCUT2D eigenvalue weighted by atomic mass is 9.99. The van der Waals surface area contributed by atoms with Crippen LogP contribution in [0, 0.1) is 11.3 Å². The van der Waals surface area contributed by atoms with Gasteiger partial charge in [0.25, 0.3) is 0 Å². The van der Waals surface area contributed by atoms with Crippen molar-refractivity contribution in [1.29, 1.82) is 0 Å². The number of rotatable bonds is 4. The summed E-state index contributed by atoms with van der Waals surface area (Å²) in [6, 6.07) is 2.46. The molecule has 1 saturated carbocycles. The van der Waals surface area contributed by atoms with Gasteiger partial charge in [0.05, 0.1) is 0 Å². The van der Waals surface area contributed by atoms with Gasteiger partial charge in [0.1, 0.15) is 0 Å². The maximum atomic E-state index is 5.64. The van der Waals surface area contributed by atoms with Gasteiger partial charge >= 0.3 is 0 Å². The number of nitrogens with one attached hydrogen (secondary N) is 1. The molecule has 2 rings (SSSR count). The van der Waals surface area contributed by atoms with Crippen LogP contribution in [0.2, 0.25) is 0 Å². The minimum absolute atomic E-state index is 0.353. The second-order valence-corrected chi connectivity index (χ2v) is 6.20. The molecule has 1 aliphatic rings. The molecule has 0 amide bonds. The Labute approximate surface area is 105 Å². The molecule has 1 aliphatic carbocycles. The minimum Gasteiger partial charge on any atom is -0.271 e. The van der Waals surface area contributed by atoms with Gasteiger partial charge in [0, 0.05) is 22.9 Å². The normalized spacial score (nSPS) is 24.1. The van der Waals surface area contributed by atoms with Gasteiger partial charge in [-0.3, -0.25) is 16.3 Å². The highest BCUT2D eigenvalue weighted by Gasteiger charge is 2.49. The van der Waals surface area contributed by atoms with Gasteiger partial charge in [-0.15, -0.1) is 0 Å². The van der Waals surface area contributed by atoms with Gasteiger partial charge in [0.15, 0.2) is 0 Å². The van der Waals surface area contributed by atoms with Crippen molar-refractivity contribution in [2.24, 2.45) is 17.2 Å². The van der Waals surface area contributed by atoms with Crippen LogP contribution in [0.15, 0.2) is 22.9 Å². The molecule has 0 spiro atoms. The first-order chi connectivity index (χ1) is 7.53. The number of aromatic nitrogens is 1. The van der Waals surface area contributed by atoms with Gasteiger partial charge in [0.2, 0.25) is 0 Å². The molecule has 3 nitrogen and oxygen atoms in total. The Kier molecular flexibility index (Phi) is 3.33. The van der Waals surface area contributed by atoms with Crippen LogP contribution in [-0.4, -0.2) is 11.0 Å². The van der Waals surface area contributed by atoms with Crippen molar-refractivity contribution >= 4 is 15.9 Å². The van der Waals surface area contributed by atoms with E-state index < -0.39 is 0 Å².